The fraction of sp³-hybridized carbons (Fsp3) is 0.833. The molecule has 1 nitrogen and oxygen atoms in total. The van der Waals surface area contributed by atoms with Crippen LogP contribution in [0.3, 0.4) is 0 Å². The number of hydrogen-bond donors (Lipinski definition) is 1. The molecule has 73 valence electrons. The van der Waals surface area contributed by atoms with E-state index in [9.17, 15) is 22.0 Å². The van der Waals surface area contributed by atoms with Crippen LogP contribution in [0.4, 0.5) is 22.0 Å². The van der Waals surface area contributed by atoms with Crippen molar-refractivity contribution in [2.24, 2.45) is 0 Å². The summed E-state index contributed by atoms with van der Waals surface area (Å²) in [5.41, 5.74) is 0. The van der Waals surface area contributed by atoms with Crippen LogP contribution < -0.4 is 0 Å². The summed E-state index contributed by atoms with van der Waals surface area (Å²) in [5, 5.41) is 8.08. The summed E-state index contributed by atoms with van der Waals surface area (Å²) in [6.07, 6.45) is -6.30. The average Bonchev–Trinajstić information content (AvgIpc) is 1.85. The second-order valence-electron chi connectivity index (χ2n) is 2.21. The monoisotopic (exact) mass is 191 g/mol. The molecule has 0 amide bonds. The van der Waals surface area contributed by atoms with Gasteiger partial charge in [0.05, 0.1) is 0 Å². The molecule has 1 N–H and O–H groups in total. The van der Waals surface area contributed by atoms with Crippen LogP contribution in [0.25, 0.3) is 0 Å². The molecule has 0 fully saturated rings. The maximum atomic E-state index is 12.0. The summed E-state index contributed by atoms with van der Waals surface area (Å²) in [5.74, 6) is -4.65. The smallest absolute Gasteiger partial charge is 0.396 e. The second kappa shape index (κ2) is 4.02. The number of alkyl halides is 5. The molecule has 0 unspecified atom stereocenters. The van der Waals surface area contributed by atoms with Gasteiger partial charge in [-0.1, -0.05) is 0 Å². The predicted molar refractivity (Wildman–Crippen MR) is 31.6 cm³/mol. The highest BCUT2D eigenvalue weighted by molar-refractivity contribution is 4.78. The maximum absolute atomic E-state index is 12.0. The van der Waals surface area contributed by atoms with Gasteiger partial charge >= 0.3 is 12.1 Å². The van der Waals surface area contributed by atoms with E-state index < -0.39 is 31.5 Å². The van der Waals surface area contributed by atoms with Gasteiger partial charge in [-0.3, -0.25) is 0 Å². The molecule has 0 aliphatic carbocycles. The zero-order valence-electron chi connectivity index (χ0n) is 6.04. The van der Waals surface area contributed by atoms with E-state index in [1.807, 2.05) is 0 Å². The van der Waals surface area contributed by atoms with Gasteiger partial charge in [-0.2, -0.15) is 22.0 Å². The summed E-state index contributed by atoms with van der Waals surface area (Å²) >= 11 is 0. The Labute approximate surface area is 66.2 Å². The van der Waals surface area contributed by atoms with E-state index in [4.69, 9.17) is 5.11 Å². The van der Waals surface area contributed by atoms with E-state index >= 15 is 0 Å². The van der Waals surface area contributed by atoms with Gasteiger partial charge in [-0.05, 0) is 12.8 Å². The molecule has 0 saturated heterocycles. The van der Waals surface area contributed by atoms with Crippen molar-refractivity contribution in [2.75, 3.05) is 6.61 Å². The molecule has 0 spiro atoms. The molecule has 0 atom stereocenters. The van der Waals surface area contributed by atoms with Crippen LogP contribution in [0, 0.1) is 6.42 Å². The standard InChI is InChI=1S/C6H8F5O/c7-5(8,6(9,10)11)3-1-2-4-12/h2,12H,1,3-4H2. The van der Waals surface area contributed by atoms with Crippen LogP contribution in [0.5, 0.6) is 0 Å². The highest BCUT2D eigenvalue weighted by atomic mass is 19.4. The van der Waals surface area contributed by atoms with Gasteiger partial charge < -0.3 is 5.11 Å². The van der Waals surface area contributed by atoms with Crippen molar-refractivity contribution < 1.29 is 27.1 Å². The van der Waals surface area contributed by atoms with Crippen molar-refractivity contribution in [3.05, 3.63) is 6.42 Å². The normalized spacial score (nSPS) is 13.5. The third-order valence-electron chi connectivity index (χ3n) is 1.21. The molecule has 0 aromatic rings. The van der Waals surface area contributed by atoms with E-state index in [2.05, 4.69) is 0 Å². The van der Waals surface area contributed by atoms with Crippen LogP contribution >= 0.6 is 0 Å². The quantitative estimate of drug-likeness (QED) is 0.533. The van der Waals surface area contributed by atoms with Crippen molar-refractivity contribution in [3.63, 3.8) is 0 Å². The number of aliphatic hydroxyl groups excluding tert-OH is 1. The molecule has 0 aliphatic heterocycles. The lowest BCUT2D eigenvalue weighted by molar-refractivity contribution is -0.284. The highest BCUT2D eigenvalue weighted by Gasteiger charge is 2.56. The SMILES string of the molecule is OC[CH]CCC(F)(F)C(F)(F)F. The van der Waals surface area contributed by atoms with Gasteiger partial charge in [0.15, 0.2) is 0 Å². The summed E-state index contributed by atoms with van der Waals surface area (Å²) in [6.45, 7) is -0.492. The maximum Gasteiger partial charge on any atom is 0.453 e. The second-order valence-corrected chi connectivity index (χ2v) is 2.21. The number of unbranched alkanes of at least 4 members (excludes halogenated alkanes) is 1. The van der Waals surface area contributed by atoms with E-state index in [1.54, 1.807) is 0 Å². The topological polar surface area (TPSA) is 20.2 Å². The average molecular weight is 191 g/mol. The first-order valence-corrected chi connectivity index (χ1v) is 3.18. The van der Waals surface area contributed by atoms with Crippen molar-refractivity contribution >= 4 is 0 Å². The molecule has 6 heteroatoms. The van der Waals surface area contributed by atoms with Crippen LogP contribution in [-0.4, -0.2) is 23.8 Å². The molecule has 0 aliphatic rings. The lowest BCUT2D eigenvalue weighted by atomic mass is 10.1. The first-order valence-electron chi connectivity index (χ1n) is 3.18. The Balaban J connectivity index is 3.88. The fourth-order valence-electron chi connectivity index (χ4n) is 0.516. The van der Waals surface area contributed by atoms with E-state index in [-0.39, 0.29) is 0 Å². The van der Waals surface area contributed by atoms with Crippen LogP contribution in [0.2, 0.25) is 0 Å². The Hall–Kier alpha value is -0.390. The predicted octanol–water partition coefficient (Wildman–Crippen LogP) is 2.16. The minimum Gasteiger partial charge on any atom is -0.396 e. The van der Waals surface area contributed by atoms with Gasteiger partial charge in [0.25, 0.3) is 0 Å². The van der Waals surface area contributed by atoms with E-state index in [0.717, 1.165) is 6.42 Å². The first-order chi connectivity index (χ1) is 5.31. The summed E-state index contributed by atoms with van der Waals surface area (Å²) < 4.78 is 58.4. The van der Waals surface area contributed by atoms with Crippen molar-refractivity contribution in [1.29, 1.82) is 0 Å². The van der Waals surface area contributed by atoms with Gasteiger partial charge in [0.1, 0.15) is 0 Å². The molecular weight excluding hydrogens is 183 g/mol. The van der Waals surface area contributed by atoms with Gasteiger partial charge in [0, 0.05) is 13.0 Å². The van der Waals surface area contributed by atoms with Crippen molar-refractivity contribution in [3.8, 4) is 0 Å². The molecule has 0 rings (SSSR count). The van der Waals surface area contributed by atoms with Gasteiger partial charge in [-0.15, -0.1) is 0 Å². The molecule has 0 aromatic heterocycles. The zero-order valence-corrected chi connectivity index (χ0v) is 6.04. The van der Waals surface area contributed by atoms with Crippen LogP contribution in [0.15, 0.2) is 0 Å². The lowest BCUT2D eigenvalue weighted by Crippen LogP contribution is -2.36. The minimum absolute atomic E-state index is 0.455. The molecular formula is C6H8F5O. The summed E-state index contributed by atoms with van der Waals surface area (Å²) in [6, 6.07) is 0. The summed E-state index contributed by atoms with van der Waals surface area (Å²) in [4.78, 5) is 0. The van der Waals surface area contributed by atoms with Crippen molar-refractivity contribution in [1.82, 2.24) is 0 Å². The Morgan fingerprint density at radius 3 is 1.92 bits per heavy atom. The molecule has 12 heavy (non-hydrogen) atoms. The molecule has 0 bridgehead atoms. The lowest BCUT2D eigenvalue weighted by Gasteiger charge is -2.18. The summed E-state index contributed by atoms with van der Waals surface area (Å²) in [7, 11) is 0. The van der Waals surface area contributed by atoms with E-state index in [0.29, 0.717) is 0 Å². The fourth-order valence-corrected chi connectivity index (χ4v) is 0.516. The zero-order chi connectivity index (χ0) is 9.83. The number of aliphatic hydroxyl groups is 1. The Morgan fingerprint density at radius 1 is 1.08 bits per heavy atom. The van der Waals surface area contributed by atoms with Gasteiger partial charge in [0.2, 0.25) is 0 Å². The number of hydrogen-bond acceptors (Lipinski definition) is 1. The molecule has 0 aromatic carbocycles. The molecule has 1 radical (unpaired) electrons. The van der Waals surface area contributed by atoms with Crippen LogP contribution in [-0.2, 0) is 0 Å². The Bertz CT molecular complexity index is 130. The Morgan fingerprint density at radius 2 is 1.58 bits per heavy atom. The third-order valence-corrected chi connectivity index (χ3v) is 1.21. The first kappa shape index (κ1) is 11.6. The third kappa shape index (κ3) is 3.34. The number of halogens is 5. The van der Waals surface area contributed by atoms with Gasteiger partial charge in [-0.25, -0.2) is 0 Å². The van der Waals surface area contributed by atoms with Crippen LogP contribution in [0.1, 0.15) is 12.8 Å². The number of rotatable bonds is 4. The highest BCUT2D eigenvalue weighted by Crippen LogP contribution is 2.38. The molecule has 0 saturated carbocycles. The molecule has 0 heterocycles. The van der Waals surface area contributed by atoms with Crippen molar-refractivity contribution in [2.45, 2.75) is 24.9 Å². The minimum atomic E-state index is -5.49. The Kier molecular flexibility index (Phi) is 3.89. The largest absolute Gasteiger partial charge is 0.453 e. The van der Waals surface area contributed by atoms with E-state index in [1.165, 1.54) is 0 Å².